The van der Waals surface area contributed by atoms with Gasteiger partial charge in [0, 0.05) is 18.1 Å². The summed E-state index contributed by atoms with van der Waals surface area (Å²) in [7, 11) is 3.27. The van der Waals surface area contributed by atoms with Crippen LogP contribution in [0.15, 0.2) is 78.2 Å². The van der Waals surface area contributed by atoms with Gasteiger partial charge < -0.3 is 14.7 Å². The van der Waals surface area contributed by atoms with Crippen molar-refractivity contribution in [3.63, 3.8) is 0 Å². The summed E-state index contributed by atoms with van der Waals surface area (Å²) in [5.41, 5.74) is 3.44. The van der Waals surface area contributed by atoms with Gasteiger partial charge in [0.15, 0.2) is 30.4 Å². The van der Waals surface area contributed by atoms with Crippen molar-refractivity contribution < 1.29 is 19.2 Å². The number of rotatable bonds is 7. The molecular weight excluding hydrogens is 340 g/mol. The molecule has 0 aliphatic rings. The molecule has 0 atom stereocenters. The van der Waals surface area contributed by atoms with Gasteiger partial charge in [-0.05, 0) is 23.8 Å². The van der Waals surface area contributed by atoms with Crippen molar-refractivity contribution in [2.75, 3.05) is 14.2 Å². The Morgan fingerprint density at radius 3 is 2.37 bits per heavy atom. The molecule has 0 aliphatic carbocycles. The Kier molecular flexibility index (Phi) is 6.05. The van der Waals surface area contributed by atoms with E-state index in [1.807, 2.05) is 73.1 Å². The van der Waals surface area contributed by atoms with Crippen LogP contribution in [-0.4, -0.2) is 25.1 Å². The SMILES string of the molecule is COc1ccc(CC[n+]2cccc(/C(=N\O)c3ccccc3)c2)cc1OC. The minimum Gasteiger partial charge on any atom is -0.493 e. The second kappa shape index (κ2) is 8.85. The topological polar surface area (TPSA) is 54.9 Å². The van der Waals surface area contributed by atoms with Crippen molar-refractivity contribution in [2.24, 2.45) is 5.16 Å². The second-order valence-corrected chi connectivity index (χ2v) is 6.08. The Balaban J connectivity index is 1.77. The lowest BCUT2D eigenvalue weighted by molar-refractivity contribution is -0.696. The lowest BCUT2D eigenvalue weighted by Gasteiger charge is -2.09. The fraction of sp³-hybridized carbons (Fsp3) is 0.182. The van der Waals surface area contributed by atoms with Crippen LogP contribution >= 0.6 is 0 Å². The minimum absolute atomic E-state index is 0.552. The van der Waals surface area contributed by atoms with Gasteiger partial charge in [0.1, 0.15) is 5.71 Å². The van der Waals surface area contributed by atoms with Crippen LogP contribution in [0, 0.1) is 0 Å². The molecule has 1 aromatic heterocycles. The molecule has 5 nitrogen and oxygen atoms in total. The van der Waals surface area contributed by atoms with Gasteiger partial charge in [-0.3, -0.25) is 0 Å². The zero-order valence-corrected chi connectivity index (χ0v) is 15.5. The molecule has 1 N–H and O–H groups in total. The Hall–Kier alpha value is -3.34. The predicted molar refractivity (Wildman–Crippen MR) is 104 cm³/mol. The zero-order valence-electron chi connectivity index (χ0n) is 15.5. The normalized spacial score (nSPS) is 11.3. The highest BCUT2D eigenvalue weighted by molar-refractivity contribution is 6.12. The third-order valence-electron chi connectivity index (χ3n) is 4.39. The van der Waals surface area contributed by atoms with E-state index in [0.29, 0.717) is 5.71 Å². The Bertz CT molecular complexity index is 924. The van der Waals surface area contributed by atoms with E-state index in [4.69, 9.17) is 9.47 Å². The van der Waals surface area contributed by atoms with Gasteiger partial charge >= 0.3 is 0 Å². The number of nitrogens with zero attached hydrogens (tertiary/aromatic N) is 2. The number of benzene rings is 2. The molecule has 0 radical (unpaired) electrons. The first-order valence-electron chi connectivity index (χ1n) is 8.73. The van der Waals surface area contributed by atoms with E-state index in [0.717, 1.165) is 41.2 Å². The monoisotopic (exact) mass is 363 g/mol. The van der Waals surface area contributed by atoms with Gasteiger partial charge in [-0.1, -0.05) is 41.6 Å². The molecule has 3 rings (SSSR count). The molecule has 0 saturated heterocycles. The molecule has 0 spiro atoms. The van der Waals surface area contributed by atoms with Crippen LogP contribution < -0.4 is 14.0 Å². The molecule has 0 saturated carbocycles. The number of hydrogen-bond donors (Lipinski definition) is 1. The van der Waals surface area contributed by atoms with Crippen LogP contribution in [-0.2, 0) is 13.0 Å². The van der Waals surface area contributed by atoms with Crippen LogP contribution in [0.3, 0.4) is 0 Å². The van der Waals surface area contributed by atoms with Crippen molar-refractivity contribution in [3.05, 3.63) is 89.7 Å². The lowest BCUT2D eigenvalue weighted by Crippen LogP contribution is -2.35. The van der Waals surface area contributed by atoms with Crippen molar-refractivity contribution in [3.8, 4) is 11.5 Å². The zero-order chi connectivity index (χ0) is 19.1. The molecule has 5 heteroatoms. The fourth-order valence-electron chi connectivity index (χ4n) is 2.97. The van der Waals surface area contributed by atoms with Crippen LogP contribution in [0.5, 0.6) is 11.5 Å². The van der Waals surface area contributed by atoms with Gasteiger partial charge in [-0.2, -0.15) is 0 Å². The van der Waals surface area contributed by atoms with E-state index in [2.05, 4.69) is 9.72 Å². The summed E-state index contributed by atoms with van der Waals surface area (Å²) in [4.78, 5) is 0. The molecule has 0 bridgehead atoms. The molecule has 1 heterocycles. The van der Waals surface area contributed by atoms with E-state index in [1.54, 1.807) is 14.2 Å². The summed E-state index contributed by atoms with van der Waals surface area (Å²) in [6, 6.07) is 19.5. The highest BCUT2D eigenvalue weighted by Crippen LogP contribution is 2.27. The minimum atomic E-state index is 0.552. The largest absolute Gasteiger partial charge is 0.493 e. The Labute approximate surface area is 159 Å². The van der Waals surface area contributed by atoms with Crippen LogP contribution in [0.2, 0.25) is 0 Å². The number of aryl methyl sites for hydroxylation is 2. The van der Waals surface area contributed by atoms with Crippen LogP contribution in [0.1, 0.15) is 16.7 Å². The van der Waals surface area contributed by atoms with Crippen LogP contribution in [0.25, 0.3) is 0 Å². The second-order valence-electron chi connectivity index (χ2n) is 6.08. The molecule has 0 unspecified atom stereocenters. The maximum Gasteiger partial charge on any atom is 0.178 e. The molecular formula is C22H23N2O3+. The van der Waals surface area contributed by atoms with Gasteiger partial charge in [-0.15, -0.1) is 0 Å². The number of hydrogen-bond acceptors (Lipinski definition) is 4. The summed E-state index contributed by atoms with van der Waals surface area (Å²) in [5, 5.41) is 13.0. The van der Waals surface area contributed by atoms with Gasteiger partial charge in [0.2, 0.25) is 0 Å². The van der Waals surface area contributed by atoms with Crippen molar-refractivity contribution in [1.29, 1.82) is 0 Å². The fourth-order valence-corrected chi connectivity index (χ4v) is 2.97. The first-order chi connectivity index (χ1) is 13.2. The van der Waals surface area contributed by atoms with Crippen molar-refractivity contribution >= 4 is 5.71 Å². The van der Waals surface area contributed by atoms with Crippen molar-refractivity contribution in [2.45, 2.75) is 13.0 Å². The Morgan fingerprint density at radius 1 is 0.926 bits per heavy atom. The van der Waals surface area contributed by atoms with E-state index in [1.165, 1.54) is 0 Å². The maximum atomic E-state index is 9.49. The smallest absolute Gasteiger partial charge is 0.178 e. The lowest BCUT2D eigenvalue weighted by atomic mass is 10.0. The van der Waals surface area contributed by atoms with Crippen molar-refractivity contribution in [1.82, 2.24) is 0 Å². The summed E-state index contributed by atoms with van der Waals surface area (Å²) in [5.74, 6) is 1.45. The summed E-state index contributed by atoms with van der Waals surface area (Å²) < 4.78 is 12.7. The van der Waals surface area contributed by atoms with Gasteiger partial charge in [0.05, 0.1) is 19.8 Å². The number of aromatic nitrogens is 1. The summed E-state index contributed by atoms with van der Waals surface area (Å²) in [6.45, 7) is 0.789. The predicted octanol–water partition coefficient (Wildman–Crippen LogP) is 3.46. The molecule has 0 fully saturated rings. The van der Waals surface area contributed by atoms with Gasteiger partial charge in [0.25, 0.3) is 0 Å². The van der Waals surface area contributed by atoms with E-state index in [-0.39, 0.29) is 0 Å². The van der Waals surface area contributed by atoms with Crippen LogP contribution in [0.4, 0.5) is 0 Å². The highest BCUT2D eigenvalue weighted by Gasteiger charge is 2.12. The van der Waals surface area contributed by atoms with E-state index in [9.17, 15) is 5.21 Å². The first kappa shape index (κ1) is 18.5. The number of oxime groups is 1. The molecule has 138 valence electrons. The van der Waals surface area contributed by atoms with E-state index >= 15 is 0 Å². The quantitative estimate of drug-likeness (QED) is 0.303. The Morgan fingerprint density at radius 2 is 1.67 bits per heavy atom. The standard InChI is InChI=1S/C22H22N2O3/c1-26-20-11-10-17(15-21(20)27-2)12-14-24-13-6-9-19(16-24)22(23-25)18-7-4-3-5-8-18/h3-11,13,15-16H,12,14H2,1-2H3/p+1/b23-22-. The van der Waals surface area contributed by atoms with Gasteiger partial charge in [-0.25, -0.2) is 4.57 Å². The molecule has 0 amide bonds. The molecule has 2 aromatic carbocycles. The number of methoxy groups -OCH3 is 2. The molecule has 0 aliphatic heterocycles. The third-order valence-corrected chi connectivity index (χ3v) is 4.39. The summed E-state index contributed by atoms with van der Waals surface area (Å²) in [6.07, 6.45) is 4.83. The molecule has 3 aromatic rings. The number of ether oxygens (including phenoxy) is 2. The first-order valence-corrected chi connectivity index (χ1v) is 8.73. The maximum absolute atomic E-state index is 9.49. The number of pyridine rings is 1. The third kappa shape index (κ3) is 4.44. The van der Waals surface area contributed by atoms with E-state index < -0.39 is 0 Å². The summed E-state index contributed by atoms with van der Waals surface area (Å²) >= 11 is 0. The average Bonchev–Trinajstić information content (AvgIpc) is 2.73. The highest BCUT2D eigenvalue weighted by atomic mass is 16.5. The average molecular weight is 363 g/mol. The molecule has 27 heavy (non-hydrogen) atoms.